The van der Waals surface area contributed by atoms with E-state index >= 15 is 0 Å². The molecule has 0 aromatic rings. The molecule has 96 valence electrons. The van der Waals surface area contributed by atoms with E-state index in [-0.39, 0.29) is 0 Å². The molecule has 16 heavy (non-hydrogen) atoms. The highest BCUT2D eigenvalue weighted by Crippen LogP contribution is 2.23. The van der Waals surface area contributed by atoms with Crippen LogP contribution in [-0.2, 0) is 0 Å². The minimum atomic E-state index is 0.792. The van der Waals surface area contributed by atoms with Gasteiger partial charge in [-0.1, -0.05) is 49.5 Å². The van der Waals surface area contributed by atoms with Gasteiger partial charge in [0.1, 0.15) is 0 Å². The average Bonchev–Trinajstić information content (AvgIpc) is 2.49. The van der Waals surface area contributed by atoms with Gasteiger partial charge < -0.3 is 4.90 Å². The highest BCUT2D eigenvalue weighted by molar-refractivity contribution is 9.09. The SMILES string of the molecule is CCC1CCCCCN1CC(CBr)C(C)C. The van der Waals surface area contributed by atoms with Crippen molar-refractivity contribution in [2.24, 2.45) is 11.8 Å². The maximum Gasteiger partial charge on any atom is 0.00927 e. The molecule has 0 radical (unpaired) electrons. The van der Waals surface area contributed by atoms with Crippen LogP contribution in [-0.4, -0.2) is 29.4 Å². The zero-order valence-corrected chi connectivity index (χ0v) is 12.8. The Labute approximate surface area is 110 Å². The average molecular weight is 290 g/mol. The molecule has 1 fully saturated rings. The molecule has 1 nitrogen and oxygen atoms in total. The lowest BCUT2D eigenvalue weighted by atomic mass is 9.96. The zero-order valence-electron chi connectivity index (χ0n) is 11.2. The van der Waals surface area contributed by atoms with Gasteiger partial charge in [-0.15, -0.1) is 0 Å². The summed E-state index contributed by atoms with van der Waals surface area (Å²) in [6.07, 6.45) is 7.03. The summed E-state index contributed by atoms with van der Waals surface area (Å²) in [6.45, 7) is 9.67. The van der Waals surface area contributed by atoms with Gasteiger partial charge in [0.25, 0.3) is 0 Å². The zero-order chi connectivity index (χ0) is 12.0. The summed E-state index contributed by atoms with van der Waals surface area (Å²) in [5, 5.41) is 1.15. The number of alkyl halides is 1. The second-order valence-corrected chi connectivity index (χ2v) is 6.21. The normalized spacial score (nSPS) is 25.7. The molecule has 0 aromatic heterocycles. The second kappa shape index (κ2) is 7.71. The van der Waals surface area contributed by atoms with Crippen LogP contribution < -0.4 is 0 Å². The molecule has 2 unspecified atom stereocenters. The summed E-state index contributed by atoms with van der Waals surface area (Å²) < 4.78 is 0. The molecule has 0 aliphatic carbocycles. The Hall–Kier alpha value is 0.440. The van der Waals surface area contributed by atoms with Crippen molar-refractivity contribution in [3.63, 3.8) is 0 Å². The lowest BCUT2D eigenvalue weighted by Gasteiger charge is -2.33. The first-order valence-corrected chi connectivity index (χ1v) is 8.11. The number of rotatable bonds is 5. The molecular formula is C14H28BrN. The van der Waals surface area contributed by atoms with Crippen LogP contribution in [0.15, 0.2) is 0 Å². The molecule has 2 heteroatoms. The summed E-state index contributed by atoms with van der Waals surface area (Å²) in [5.41, 5.74) is 0. The molecule has 0 amide bonds. The van der Waals surface area contributed by atoms with Crippen LogP contribution in [0.5, 0.6) is 0 Å². The first-order valence-electron chi connectivity index (χ1n) is 6.99. The van der Waals surface area contributed by atoms with E-state index in [0.717, 1.165) is 23.2 Å². The van der Waals surface area contributed by atoms with Crippen molar-refractivity contribution in [1.82, 2.24) is 4.90 Å². The van der Waals surface area contributed by atoms with Crippen LogP contribution in [0.25, 0.3) is 0 Å². The molecule has 0 bridgehead atoms. The molecule has 1 aliphatic heterocycles. The van der Waals surface area contributed by atoms with E-state index < -0.39 is 0 Å². The molecule has 0 aromatic carbocycles. The van der Waals surface area contributed by atoms with Crippen LogP contribution >= 0.6 is 15.9 Å². The first-order chi connectivity index (χ1) is 7.69. The number of hydrogen-bond acceptors (Lipinski definition) is 1. The Kier molecular flexibility index (Phi) is 6.98. The van der Waals surface area contributed by atoms with Crippen molar-refractivity contribution in [3.8, 4) is 0 Å². The van der Waals surface area contributed by atoms with Crippen molar-refractivity contribution in [2.45, 2.75) is 58.9 Å². The van der Waals surface area contributed by atoms with Crippen LogP contribution in [0, 0.1) is 11.8 Å². The summed E-state index contributed by atoms with van der Waals surface area (Å²) in [6, 6.07) is 0.850. The van der Waals surface area contributed by atoms with Gasteiger partial charge in [0.2, 0.25) is 0 Å². The largest absolute Gasteiger partial charge is 0.300 e. The fraction of sp³-hybridized carbons (Fsp3) is 1.00. The van der Waals surface area contributed by atoms with E-state index in [2.05, 4.69) is 41.6 Å². The summed E-state index contributed by atoms with van der Waals surface area (Å²) in [5.74, 6) is 1.60. The highest BCUT2D eigenvalue weighted by atomic mass is 79.9. The number of halogens is 1. The number of hydrogen-bond donors (Lipinski definition) is 0. The highest BCUT2D eigenvalue weighted by Gasteiger charge is 2.23. The fourth-order valence-electron chi connectivity index (χ4n) is 2.68. The van der Waals surface area contributed by atoms with Gasteiger partial charge in [0.15, 0.2) is 0 Å². The number of likely N-dealkylation sites (tertiary alicyclic amines) is 1. The molecular weight excluding hydrogens is 262 g/mol. The molecule has 1 rings (SSSR count). The summed E-state index contributed by atoms with van der Waals surface area (Å²) in [7, 11) is 0. The quantitative estimate of drug-likeness (QED) is 0.682. The molecule has 1 aliphatic rings. The van der Waals surface area contributed by atoms with E-state index in [0.29, 0.717) is 0 Å². The van der Waals surface area contributed by atoms with Gasteiger partial charge >= 0.3 is 0 Å². The van der Waals surface area contributed by atoms with Gasteiger partial charge in [-0.25, -0.2) is 0 Å². The molecule has 1 heterocycles. The lowest BCUT2D eigenvalue weighted by Crippen LogP contribution is -2.39. The summed E-state index contributed by atoms with van der Waals surface area (Å²) >= 11 is 3.68. The third-order valence-corrected chi connectivity index (χ3v) is 4.91. The molecule has 0 N–H and O–H groups in total. The predicted octanol–water partition coefficient (Wildman–Crippen LogP) is 4.31. The lowest BCUT2D eigenvalue weighted by molar-refractivity contribution is 0.155. The third kappa shape index (κ3) is 4.37. The molecule has 0 saturated carbocycles. The Balaban J connectivity index is 2.53. The summed E-state index contributed by atoms with van der Waals surface area (Å²) in [4.78, 5) is 2.76. The standard InChI is InChI=1S/C14H28BrN/c1-4-14-8-6-5-7-9-16(14)11-13(10-15)12(2)3/h12-14H,4-11H2,1-3H3. The van der Waals surface area contributed by atoms with Crippen molar-refractivity contribution in [3.05, 3.63) is 0 Å². The fourth-order valence-corrected chi connectivity index (χ4v) is 3.63. The molecule has 1 saturated heterocycles. The van der Waals surface area contributed by atoms with Gasteiger partial charge in [-0.05, 0) is 37.6 Å². The Bertz CT molecular complexity index is 182. The van der Waals surface area contributed by atoms with Crippen molar-refractivity contribution >= 4 is 15.9 Å². The van der Waals surface area contributed by atoms with E-state index in [9.17, 15) is 0 Å². The molecule has 0 spiro atoms. The predicted molar refractivity (Wildman–Crippen MR) is 76.2 cm³/mol. The van der Waals surface area contributed by atoms with E-state index in [1.165, 1.54) is 45.2 Å². The minimum absolute atomic E-state index is 0.792. The van der Waals surface area contributed by atoms with E-state index in [1.807, 2.05) is 0 Å². The minimum Gasteiger partial charge on any atom is -0.300 e. The van der Waals surface area contributed by atoms with Crippen molar-refractivity contribution in [1.29, 1.82) is 0 Å². The van der Waals surface area contributed by atoms with Crippen molar-refractivity contribution < 1.29 is 0 Å². The van der Waals surface area contributed by atoms with Gasteiger partial charge in [0, 0.05) is 17.9 Å². The monoisotopic (exact) mass is 289 g/mol. The van der Waals surface area contributed by atoms with Gasteiger partial charge in [0.05, 0.1) is 0 Å². The van der Waals surface area contributed by atoms with Gasteiger partial charge in [-0.3, -0.25) is 0 Å². The Morgan fingerprint density at radius 3 is 2.56 bits per heavy atom. The maximum atomic E-state index is 3.68. The van der Waals surface area contributed by atoms with Crippen LogP contribution in [0.1, 0.15) is 52.9 Å². The van der Waals surface area contributed by atoms with E-state index in [1.54, 1.807) is 0 Å². The van der Waals surface area contributed by atoms with Crippen LogP contribution in [0.4, 0.5) is 0 Å². The number of nitrogens with zero attached hydrogens (tertiary/aromatic N) is 1. The van der Waals surface area contributed by atoms with Crippen LogP contribution in [0.3, 0.4) is 0 Å². The van der Waals surface area contributed by atoms with Gasteiger partial charge in [-0.2, -0.15) is 0 Å². The molecule has 2 atom stereocenters. The van der Waals surface area contributed by atoms with Crippen molar-refractivity contribution in [2.75, 3.05) is 18.4 Å². The smallest absolute Gasteiger partial charge is 0.00927 e. The van der Waals surface area contributed by atoms with E-state index in [4.69, 9.17) is 0 Å². The first kappa shape index (κ1) is 14.5. The van der Waals surface area contributed by atoms with Crippen LogP contribution in [0.2, 0.25) is 0 Å². The Morgan fingerprint density at radius 1 is 1.25 bits per heavy atom. The second-order valence-electron chi connectivity index (χ2n) is 5.56. The topological polar surface area (TPSA) is 3.24 Å². The third-order valence-electron chi connectivity index (χ3n) is 4.08. The maximum absolute atomic E-state index is 3.68. The Morgan fingerprint density at radius 2 is 2.00 bits per heavy atom.